The van der Waals surface area contributed by atoms with E-state index in [4.69, 9.17) is 0 Å². The van der Waals surface area contributed by atoms with Crippen LogP contribution in [0.5, 0.6) is 0 Å². The Labute approximate surface area is 124 Å². The topological polar surface area (TPSA) is 54.5 Å². The van der Waals surface area contributed by atoms with E-state index in [1.165, 1.54) is 31.7 Å². The van der Waals surface area contributed by atoms with Crippen LogP contribution < -0.4 is 5.32 Å². The first kappa shape index (κ1) is 15.3. The van der Waals surface area contributed by atoms with Crippen LogP contribution in [0.3, 0.4) is 0 Å². The van der Waals surface area contributed by atoms with Crippen LogP contribution in [0.4, 0.5) is 0 Å². The molecule has 1 fully saturated rings. The standard InChI is InChI=1S/C14H21N3O2S/c1-19-14(18)12-2-3-13(16-10-12)11-15-4-5-17-6-8-20-9-7-17/h2-3,10,15H,4-9,11H2,1H3. The molecule has 0 atom stereocenters. The zero-order valence-electron chi connectivity index (χ0n) is 11.8. The van der Waals surface area contributed by atoms with Crippen LogP contribution in [-0.4, -0.2) is 60.6 Å². The van der Waals surface area contributed by atoms with Gasteiger partial charge in [0, 0.05) is 50.4 Å². The van der Waals surface area contributed by atoms with Gasteiger partial charge in [-0.25, -0.2) is 4.79 Å². The van der Waals surface area contributed by atoms with Crippen molar-refractivity contribution >= 4 is 17.7 Å². The van der Waals surface area contributed by atoms with E-state index in [9.17, 15) is 4.79 Å². The number of hydrogen-bond donors (Lipinski definition) is 1. The molecule has 5 nitrogen and oxygen atoms in total. The molecule has 1 aliphatic rings. The van der Waals surface area contributed by atoms with E-state index in [0.29, 0.717) is 5.56 Å². The van der Waals surface area contributed by atoms with E-state index < -0.39 is 0 Å². The van der Waals surface area contributed by atoms with Crippen molar-refractivity contribution in [2.45, 2.75) is 6.54 Å². The second kappa shape index (κ2) is 8.24. The lowest BCUT2D eigenvalue weighted by Crippen LogP contribution is -2.37. The molecule has 1 aromatic heterocycles. The largest absolute Gasteiger partial charge is 0.465 e. The molecular weight excluding hydrogens is 274 g/mol. The Morgan fingerprint density at radius 1 is 1.45 bits per heavy atom. The van der Waals surface area contributed by atoms with E-state index in [1.54, 1.807) is 12.3 Å². The maximum Gasteiger partial charge on any atom is 0.339 e. The molecule has 0 bridgehead atoms. The third-order valence-corrected chi connectivity index (χ3v) is 4.20. The van der Waals surface area contributed by atoms with Crippen molar-refractivity contribution in [1.82, 2.24) is 15.2 Å². The minimum absolute atomic E-state index is 0.347. The van der Waals surface area contributed by atoms with Crippen LogP contribution in [0.2, 0.25) is 0 Å². The predicted molar refractivity (Wildman–Crippen MR) is 81.0 cm³/mol. The van der Waals surface area contributed by atoms with Crippen LogP contribution >= 0.6 is 11.8 Å². The Hall–Kier alpha value is -1.11. The second-order valence-electron chi connectivity index (χ2n) is 4.66. The molecular formula is C14H21N3O2S. The number of carbonyl (C=O) groups excluding carboxylic acids is 1. The van der Waals surface area contributed by atoms with Gasteiger partial charge in [-0.15, -0.1) is 0 Å². The molecule has 2 heterocycles. The quantitative estimate of drug-likeness (QED) is 0.624. The Kier molecular flexibility index (Phi) is 6.29. The second-order valence-corrected chi connectivity index (χ2v) is 5.89. The molecule has 110 valence electrons. The molecule has 0 aromatic carbocycles. The third-order valence-electron chi connectivity index (χ3n) is 3.26. The van der Waals surface area contributed by atoms with Gasteiger partial charge in [0.25, 0.3) is 0 Å². The highest BCUT2D eigenvalue weighted by Crippen LogP contribution is 2.08. The molecule has 1 aromatic rings. The predicted octanol–water partition coefficient (Wildman–Crippen LogP) is 1.01. The number of aromatic nitrogens is 1. The first-order valence-corrected chi connectivity index (χ1v) is 7.99. The smallest absolute Gasteiger partial charge is 0.339 e. The Balaban J connectivity index is 1.67. The molecule has 20 heavy (non-hydrogen) atoms. The lowest BCUT2D eigenvalue weighted by molar-refractivity contribution is 0.0600. The number of hydrogen-bond acceptors (Lipinski definition) is 6. The van der Waals surface area contributed by atoms with Gasteiger partial charge >= 0.3 is 5.97 Å². The summed E-state index contributed by atoms with van der Waals surface area (Å²) in [6, 6.07) is 3.61. The van der Waals surface area contributed by atoms with Crippen molar-refractivity contribution in [2.75, 3.05) is 44.8 Å². The van der Waals surface area contributed by atoms with Crippen LogP contribution in [0, 0.1) is 0 Å². The summed E-state index contributed by atoms with van der Waals surface area (Å²) in [7, 11) is 1.37. The van der Waals surface area contributed by atoms with E-state index in [2.05, 4.69) is 19.9 Å². The lowest BCUT2D eigenvalue weighted by atomic mass is 10.2. The Bertz CT molecular complexity index is 419. The molecule has 0 amide bonds. The first-order chi connectivity index (χ1) is 9.79. The summed E-state index contributed by atoms with van der Waals surface area (Å²) >= 11 is 2.03. The highest BCUT2D eigenvalue weighted by atomic mass is 32.2. The molecule has 0 unspecified atom stereocenters. The van der Waals surface area contributed by atoms with Gasteiger partial charge in [-0.3, -0.25) is 4.98 Å². The van der Waals surface area contributed by atoms with Gasteiger partial charge in [-0.05, 0) is 12.1 Å². The number of esters is 1. The number of rotatable bonds is 6. The zero-order valence-corrected chi connectivity index (χ0v) is 12.6. The average molecular weight is 295 g/mol. The molecule has 0 aliphatic carbocycles. The van der Waals surface area contributed by atoms with Gasteiger partial charge in [0.1, 0.15) is 0 Å². The summed E-state index contributed by atoms with van der Waals surface area (Å²) in [6.45, 7) is 5.16. The van der Waals surface area contributed by atoms with E-state index in [0.717, 1.165) is 25.3 Å². The Morgan fingerprint density at radius 3 is 2.90 bits per heavy atom. The molecule has 0 spiro atoms. The van der Waals surface area contributed by atoms with Crippen LogP contribution in [0.1, 0.15) is 16.1 Å². The summed E-state index contributed by atoms with van der Waals surface area (Å²) in [6.07, 6.45) is 1.56. The fraction of sp³-hybridized carbons (Fsp3) is 0.571. The van der Waals surface area contributed by atoms with Gasteiger partial charge in [-0.2, -0.15) is 11.8 Å². The third kappa shape index (κ3) is 4.77. The SMILES string of the molecule is COC(=O)c1ccc(CNCCN2CCSCC2)nc1. The van der Waals surface area contributed by atoms with Gasteiger partial charge in [-0.1, -0.05) is 0 Å². The van der Waals surface area contributed by atoms with E-state index >= 15 is 0 Å². The van der Waals surface area contributed by atoms with Crippen molar-refractivity contribution in [3.8, 4) is 0 Å². The number of methoxy groups -OCH3 is 1. The number of pyridine rings is 1. The van der Waals surface area contributed by atoms with Gasteiger partial charge in [0.2, 0.25) is 0 Å². The van der Waals surface area contributed by atoms with E-state index in [-0.39, 0.29) is 5.97 Å². The van der Waals surface area contributed by atoms with Crippen LogP contribution in [0.15, 0.2) is 18.3 Å². The monoisotopic (exact) mass is 295 g/mol. The zero-order chi connectivity index (χ0) is 14.2. The maximum atomic E-state index is 11.3. The number of thioether (sulfide) groups is 1. The minimum atomic E-state index is -0.347. The fourth-order valence-electron chi connectivity index (χ4n) is 2.05. The molecule has 1 saturated heterocycles. The number of ether oxygens (including phenoxy) is 1. The van der Waals surface area contributed by atoms with Crippen molar-refractivity contribution < 1.29 is 9.53 Å². The van der Waals surface area contributed by atoms with Crippen LogP contribution in [-0.2, 0) is 11.3 Å². The summed E-state index contributed by atoms with van der Waals surface area (Å²) in [4.78, 5) is 18.0. The molecule has 0 radical (unpaired) electrons. The molecule has 2 rings (SSSR count). The minimum Gasteiger partial charge on any atom is -0.465 e. The summed E-state index contributed by atoms with van der Waals surface area (Å²) in [5.41, 5.74) is 1.42. The highest BCUT2D eigenvalue weighted by Gasteiger charge is 2.09. The molecule has 1 aliphatic heterocycles. The normalized spacial score (nSPS) is 16.1. The van der Waals surface area contributed by atoms with Crippen LogP contribution in [0.25, 0.3) is 0 Å². The Morgan fingerprint density at radius 2 is 2.25 bits per heavy atom. The van der Waals surface area contributed by atoms with Crippen molar-refractivity contribution in [3.05, 3.63) is 29.6 Å². The summed E-state index contributed by atoms with van der Waals surface area (Å²) < 4.78 is 4.64. The van der Waals surface area contributed by atoms with Gasteiger partial charge in [0.05, 0.1) is 18.4 Å². The van der Waals surface area contributed by atoms with Crippen molar-refractivity contribution in [3.63, 3.8) is 0 Å². The number of carbonyl (C=O) groups is 1. The first-order valence-electron chi connectivity index (χ1n) is 6.83. The summed E-state index contributed by atoms with van der Waals surface area (Å²) in [5.74, 6) is 2.15. The van der Waals surface area contributed by atoms with Crippen molar-refractivity contribution in [1.29, 1.82) is 0 Å². The van der Waals surface area contributed by atoms with Gasteiger partial charge < -0.3 is 15.0 Å². The van der Waals surface area contributed by atoms with Crippen molar-refractivity contribution in [2.24, 2.45) is 0 Å². The maximum absolute atomic E-state index is 11.3. The fourth-order valence-corrected chi connectivity index (χ4v) is 3.02. The number of nitrogens with zero attached hydrogens (tertiary/aromatic N) is 2. The van der Waals surface area contributed by atoms with E-state index in [1.807, 2.05) is 17.8 Å². The molecule has 1 N–H and O–H groups in total. The van der Waals surface area contributed by atoms with Gasteiger partial charge in [0.15, 0.2) is 0 Å². The number of nitrogens with one attached hydrogen (secondary N) is 1. The molecule has 0 saturated carbocycles. The average Bonchev–Trinajstić information content (AvgIpc) is 2.52. The highest BCUT2D eigenvalue weighted by molar-refractivity contribution is 7.99. The molecule has 6 heteroatoms. The lowest BCUT2D eigenvalue weighted by Gasteiger charge is -2.26. The summed E-state index contributed by atoms with van der Waals surface area (Å²) in [5, 5.41) is 3.38.